The number of nitrogens with zero attached hydrogens (tertiary/aromatic N) is 3. The summed E-state index contributed by atoms with van der Waals surface area (Å²) in [5, 5.41) is 25.3. The fraction of sp³-hybridized carbons (Fsp3) is 0.208. The molecule has 3 aromatic rings. The molecular weight excluding hydrogens is 456 g/mol. The van der Waals surface area contributed by atoms with E-state index in [-0.39, 0.29) is 24.4 Å². The van der Waals surface area contributed by atoms with E-state index >= 15 is 0 Å². The molecule has 0 saturated carbocycles. The van der Waals surface area contributed by atoms with E-state index in [2.05, 4.69) is 10.4 Å². The molecule has 11 heteroatoms. The van der Waals surface area contributed by atoms with Gasteiger partial charge in [-0.1, -0.05) is 0 Å². The Kier molecular flexibility index (Phi) is 6.24. The van der Waals surface area contributed by atoms with E-state index in [1.165, 1.54) is 23.6 Å². The van der Waals surface area contributed by atoms with Gasteiger partial charge in [0, 0.05) is 23.5 Å². The Balaban J connectivity index is 1.64. The third kappa shape index (κ3) is 4.43. The lowest BCUT2D eigenvalue weighted by atomic mass is 10.0. The molecule has 11 nitrogen and oxygen atoms in total. The number of hydrogen-bond donors (Lipinski definition) is 3. The highest BCUT2D eigenvalue weighted by atomic mass is 16.5. The molecule has 1 aliphatic rings. The van der Waals surface area contributed by atoms with Crippen molar-refractivity contribution in [1.29, 1.82) is 0 Å². The highest BCUT2D eigenvalue weighted by molar-refractivity contribution is 6.09. The topological polar surface area (TPSA) is 151 Å². The van der Waals surface area contributed by atoms with Crippen LogP contribution in [0.4, 0.5) is 11.4 Å². The van der Waals surface area contributed by atoms with E-state index in [0.717, 1.165) is 0 Å². The SMILES string of the molecule is COc1ccc(-n2nc(C(=O)O)c3c2C(=O)N(c2ccc(NC(=O)C(C)C(=O)O)cc2)CC3)cc1. The van der Waals surface area contributed by atoms with Crippen LogP contribution < -0.4 is 15.0 Å². The number of aromatic carboxylic acids is 1. The highest BCUT2D eigenvalue weighted by Crippen LogP contribution is 2.30. The van der Waals surface area contributed by atoms with Gasteiger partial charge in [0.1, 0.15) is 17.4 Å². The van der Waals surface area contributed by atoms with Gasteiger partial charge in [-0.05, 0) is 61.9 Å². The maximum absolute atomic E-state index is 13.5. The number of nitrogens with one attached hydrogen (secondary N) is 1. The standard InChI is InChI=1S/C24H22N4O7/c1-13(23(31)32)21(29)25-14-3-5-15(6-4-14)27-12-11-18-19(24(33)34)26-28(20(18)22(27)30)16-7-9-17(35-2)10-8-16/h3-10,13H,11-12H2,1-2H3,(H,25,29)(H,31,32)(H,33,34). The van der Waals surface area contributed by atoms with Crippen molar-refractivity contribution < 1.29 is 34.1 Å². The maximum Gasteiger partial charge on any atom is 0.356 e. The molecule has 2 heterocycles. The molecule has 1 aromatic heterocycles. The summed E-state index contributed by atoms with van der Waals surface area (Å²) in [6.07, 6.45) is 0.285. The van der Waals surface area contributed by atoms with Crippen LogP contribution in [0.5, 0.6) is 5.75 Å². The van der Waals surface area contributed by atoms with E-state index in [1.807, 2.05) is 0 Å². The number of aromatic nitrogens is 2. The minimum Gasteiger partial charge on any atom is -0.497 e. The third-order valence-corrected chi connectivity index (χ3v) is 5.75. The second kappa shape index (κ2) is 9.29. The Morgan fingerprint density at radius 1 is 1.03 bits per heavy atom. The van der Waals surface area contributed by atoms with Crippen LogP contribution >= 0.6 is 0 Å². The molecule has 35 heavy (non-hydrogen) atoms. The number of carbonyl (C=O) groups excluding carboxylic acids is 2. The summed E-state index contributed by atoms with van der Waals surface area (Å²) in [5.41, 5.74) is 1.77. The number of benzene rings is 2. The minimum absolute atomic E-state index is 0.159. The Bertz CT molecular complexity index is 1310. The predicted octanol–water partition coefficient (Wildman–Crippen LogP) is 2.44. The number of carboxylic acids is 2. The zero-order valence-corrected chi connectivity index (χ0v) is 18.9. The van der Waals surface area contributed by atoms with Crippen molar-refractivity contribution in [2.45, 2.75) is 13.3 Å². The number of anilines is 2. The first-order valence-corrected chi connectivity index (χ1v) is 10.7. The molecule has 0 spiro atoms. The van der Waals surface area contributed by atoms with Crippen LogP contribution in [-0.4, -0.2) is 57.4 Å². The van der Waals surface area contributed by atoms with Crippen LogP contribution in [0.15, 0.2) is 48.5 Å². The van der Waals surface area contributed by atoms with Gasteiger partial charge in [0.2, 0.25) is 5.91 Å². The van der Waals surface area contributed by atoms with Gasteiger partial charge < -0.3 is 25.2 Å². The van der Waals surface area contributed by atoms with Crippen molar-refractivity contribution in [3.8, 4) is 11.4 Å². The van der Waals surface area contributed by atoms with Gasteiger partial charge in [0.25, 0.3) is 5.91 Å². The second-order valence-electron chi connectivity index (χ2n) is 7.89. The zero-order valence-electron chi connectivity index (χ0n) is 18.9. The summed E-state index contributed by atoms with van der Waals surface area (Å²) < 4.78 is 6.49. The van der Waals surface area contributed by atoms with Gasteiger partial charge in [-0.25, -0.2) is 9.48 Å². The van der Waals surface area contributed by atoms with Gasteiger partial charge in [0.05, 0.1) is 12.8 Å². The average molecular weight is 478 g/mol. The fourth-order valence-corrected chi connectivity index (χ4v) is 3.78. The average Bonchev–Trinajstić information content (AvgIpc) is 3.25. The maximum atomic E-state index is 13.5. The molecule has 0 saturated heterocycles. The van der Waals surface area contributed by atoms with Crippen molar-refractivity contribution in [3.05, 3.63) is 65.5 Å². The molecular formula is C24H22N4O7. The number of fused-ring (bicyclic) bond motifs is 1. The van der Waals surface area contributed by atoms with Gasteiger partial charge >= 0.3 is 11.9 Å². The highest BCUT2D eigenvalue weighted by Gasteiger charge is 2.35. The Labute approximate surface area is 199 Å². The fourth-order valence-electron chi connectivity index (χ4n) is 3.78. The molecule has 0 bridgehead atoms. The first kappa shape index (κ1) is 23.5. The predicted molar refractivity (Wildman–Crippen MR) is 124 cm³/mol. The first-order valence-electron chi connectivity index (χ1n) is 10.7. The number of carbonyl (C=O) groups is 4. The smallest absolute Gasteiger partial charge is 0.356 e. The molecule has 4 rings (SSSR count). The molecule has 1 unspecified atom stereocenters. The molecule has 2 amide bonds. The number of aliphatic carboxylic acids is 1. The lowest BCUT2D eigenvalue weighted by Crippen LogP contribution is -2.39. The van der Waals surface area contributed by atoms with Gasteiger partial charge in [0.15, 0.2) is 5.69 Å². The third-order valence-electron chi connectivity index (χ3n) is 5.75. The van der Waals surface area contributed by atoms with Crippen molar-refractivity contribution >= 4 is 35.1 Å². The van der Waals surface area contributed by atoms with Crippen molar-refractivity contribution in [2.24, 2.45) is 5.92 Å². The van der Waals surface area contributed by atoms with Crippen LogP contribution in [0.2, 0.25) is 0 Å². The molecule has 0 fully saturated rings. The molecule has 1 atom stereocenters. The molecule has 3 N–H and O–H groups in total. The zero-order chi connectivity index (χ0) is 25.3. The second-order valence-corrected chi connectivity index (χ2v) is 7.89. The van der Waals surface area contributed by atoms with Gasteiger partial charge in [-0.2, -0.15) is 5.10 Å². The van der Waals surface area contributed by atoms with E-state index < -0.39 is 29.7 Å². The van der Waals surface area contributed by atoms with Crippen molar-refractivity contribution in [1.82, 2.24) is 9.78 Å². The van der Waals surface area contributed by atoms with Crippen LogP contribution in [0.25, 0.3) is 5.69 Å². The van der Waals surface area contributed by atoms with Gasteiger partial charge in [-0.15, -0.1) is 0 Å². The Morgan fingerprint density at radius 3 is 2.23 bits per heavy atom. The Hall–Kier alpha value is -4.67. The quantitative estimate of drug-likeness (QED) is 0.438. The summed E-state index contributed by atoms with van der Waals surface area (Å²) in [4.78, 5) is 49.8. The number of amides is 2. The van der Waals surface area contributed by atoms with Crippen LogP contribution in [0, 0.1) is 5.92 Å². The summed E-state index contributed by atoms with van der Waals surface area (Å²) in [6.45, 7) is 1.52. The lowest BCUT2D eigenvalue weighted by Gasteiger charge is -2.28. The monoisotopic (exact) mass is 478 g/mol. The van der Waals surface area contributed by atoms with Crippen molar-refractivity contribution in [3.63, 3.8) is 0 Å². The molecule has 2 aromatic carbocycles. The molecule has 0 aliphatic carbocycles. The summed E-state index contributed by atoms with van der Waals surface area (Å²) in [7, 11) is 1.53. The van der Waals surface area contributed by atoms with Crippen LogP contribution in [-0.2, 0) is 16.0 Å². The minimum atomic E-state index is -1.23. The van der Waals surface area contributed by atoms with Crippen molar-refractivity contribution in [2.75, 3.05) is 23.9 Å². The number of hydrogen-bond acceptors (Lipinski definition) is 6. The Morgan fingerprint density at radius 2 is 1.66 bits per heavy atom. The largest absolute Gasteiger partial charge is 0.497 e. The molecule has 0 radical (unpaired) electrons. The van der Waals surface area contributed by atoms with Gasteiger partial charge in [-0.3, -0.25) is 14.4 Å². The molecule has 1 aliphatic heterocycles. The van der Waals surface area contributed by atoms with E-state index in [1.54, 1.807) is 48.5 Å². The number of methoxy groups -OCH3 is 1. The normalized spacial score (nSPS) is 13.7. The van der Waals surface area contributed by atoms with Crippen LogP contribution in [0.3, 0.4) is 0 Å². The first-order chi connectivity index (χ1) is 16.7. The summed E-state index contributed by atoms with van der Waals surface area (Å²) >= 11 is 0. The number of rotatable bonds is 7. The summed E-state index contributed by atoms with van der Waals surface area (Å²) in [6, 6.07) is 13.1. The molecule has 180 valence electrons. The van der Waals surface area contributed by atoms with Crippen LogP contribution in [0.1, 0.15) is 33.5 Å². The number of ether oxygens (including phenoxy) is 1. The van der Waals surface area contributed by atoms with E-state index in [4.69, 9.17) is 9.84 Å². The lowest BCUT2D eigenvalue weighted by molar-refractivity contribution is -0.144. The number of carboxylic acid groups (broad SMARTS) is 2. The van der Waals surface area contributed by atoms with E-state index in [0.29, 0.717) is 28.4 Å². The van der Waals surface area contributed by atoms with E-state index in [9.17, 15) is 24.3 Å². The summed E-state index contributed by atoms with van der Waals surface area (Å²) in [5.74, 6) is -4.13.